The van der Waals surface area contributed by atoms with Crippen molar-refractivity contribution in [1.82, 2.24) is 9.88 Å². The largest absolute Gasteiger partial charge is 0.497 e. The average molecular weight is 392 g/mol. The van der Waals surface area contributed by atoms with Crippen LogP contribution in [-0.2, 0) is 0 Å². The Balaban J connectivity index is 1.91. The van der Waals surface area contributed by atoms with Crippen LogP contribution in [-0.4, -0.2) is 49.1 Å². The van der Waals surface area contributed by atoms with Crippen LogP contribution in [0.25, 0.3) is 23.1 Å². The first kappa shape index (κ1) is 20.3. The van der Waals surface area contributed by atoms with Crippen molar-refractivity contribution in [3.05, 3.63) is 69.9 Å². The third-order valence-electron chi connectivity index (χ3n) is 4.46. The number of anilines is 1. The Kier molecular flexibility index (Phi) is 6.41. The third kappa shape index (κ3) is 5.30. The number of non-ortho nitro benzene ring substituents is 1. The molecule has 0 aliphatic rings. The zero-order valence-corrected chi connectivity index (χ0v) is 16.8. The number of ether oxygens (including phenoxy) is 1. The van der Waals surface area contributed by atoms with E-state index < -0.39 is 4.92 Å². The van der Waals surface area contributed by atoms with Gasteiger partial charge in [0.25, 0.3) is 5.69 Å². The zero-order valence-electron chi connectivity index (χ0n) is 16.8. The van der Waals surface area contributed by atoms with Gasteiger partial charge in [-0.25, -0.2) is 4.98 Å². The molecule has 29 heavy (non-hydrogen) atoms. The smallest absolute Gasteiger partial charge is 0.269 e. The molecule has 0 spiro atoms. The molecule has 7 heteroatoms. The highest BCUT2D eigenvalue weighted by atomic mass is 16.6. The van der Waals surface area contributed by atoms with E-state index in [-0.39, 0.29) is 5.69 Å². The molecule has 0 saturated carbocycles. The van der Waals surface area contributed by atoms with Gasteiger partial charge in [0.15, 0.2) is 0 Å². The first-order chi connectivity index (χ1) is 14.0. The second kappa shape index (κ2) is 9.16. The lowest BCUT2D eigenvalue weighted by molar-refractivity contribution is -0.384. The Bertz CT molecular complexity index is 1030. The number of rotatable bonds is 8. The molecule has 1 N–H and O–H groups in total. The number of likely N-dealkylation sites (N-methyl/N-ethyl adjacent to an activating group) is 1. The standard InChI is InChI=1S/C22H24N4O3/c1-25(2)13-12-23-22-14-17(24-21-11-10-19(29-3)15-20(21)22)7-4-16-5-8-18(9-6-16)26(27)28/h4-11,14-15H,12-13H2,1-3H3,(H,23,24)/b7-4+. The molecule has 0 radical (unpaired) electrons. The Morgan fingerprint density at radius 2 is 1.90 bits per heavy atom. The van der Waals surface area contributed by atoms with Gasteiger partial charge in [-0.2, -0.15) is 0 Å². The van der Waals surface area contributed by atoms with Gasteiger partial charge in [0.2, 0.25) is 0 Å². The summed E-state index contributed by atoms with van der Waals surface area (Å²) in [6, 6.07) is 14.2. The van der Waals surface area contributed by atoms with Gasteiger partial charge in [-0.05, 0) is 62.1 Å². The van der Waals surface area contributed by atoms with Crippen molar-refractivity contribution in [3.8, 4) is 5.75 Å². The summed E-state index contributed by atoms with van der Waals surface area (Å²) in [6.07, 6.45) is 3.80. The fourth-order valence-corrected chi connectivity index (χ4v) is 2.89. The van der Waals surface area contributed by atoms with Crippen LogP contribution >= 0.6 is 0 Å². The van der Waals surface area contributed by atoms with Gasteiger partial charge < -0.3 is 15.0 Å². The summed E-state index contributed by atoms with van der Waals surface area (Å²) in [4.78, 5) is 17.2. The number of benzene rings is 2. The molecule has 1 heterocycles. The van der Waals surface area contributed by atoms with Gasteiger partial charge in [-0.15, -0.1) is 0 Å². The minimum atomic E-state index is -0.404. The number of hydrogen-bond acceptors (Lipinski definition) is 6. The van der Waals surface area contributed by atoms with E-state index in [0.29, 0.717) is 0 Å². The second-order valence-electron chi connectivity index (χ2n) is 6.89. The number of methoxy groups -OCH3 is 1. The van der Waals surface area contributed by atoms with Crippen LogP contribution in [0.5, 0.6) is 5.75 Å². The van der Waals surface area contributed by atoms with E-state index in [9.17, 15) is 10.1 Å². The molecule has 0 fully saturated rings. The van der Waals surface area contributed by atoms with Gasteiger partial charge in [0.05, 0.1) is 23.2 Å². The predicted octanol–water partition coefficient (Wildman–Crippen LogP) is 4.30. The molecule has 0 amide bonds. The van der Waals surface area contributed by atoms with Crippen molar-refractivity contribution in [2.24, 2.45) is 0 Å². The lowest BCUT2D eigenvalue weighted by Gasteiger charge is -2.14. The first-order valence-electron chi connectivity index (χ1n) is 9.26. The van der Waals surface area contributed by atoms with Crippen LogP contribution in [0.15, 0.2) is 48.5 Å². The Hall–Kier alpha value is -3.45. The maximum absolute atomic E-state index is 10.8. The van der Waals surface area contributed by atoms with Crippen LogP contribution in [0.4, 0.5) is 11.4 Å². The lowest BCUT2D eigenvalue weighted by atomic mass is 10.1. The van der Waals surface area contributed by atoms with E-state index in [0.717, 1.165) is 46.7 Å². The van der Waals surface area contributed by atoms with E-state index in [1.165, 1.54) is 12.1 Å². The molecular weight excluding hydrogens is 368 g/mol. The van der Waals surface area contributed by atoms with Crippen molar-refractivity contribution in [2.75, 3.05) is 39.6 Å². The molecule has 0 saturated heterocycles. The number of aromatic nitrogens is 1. The number of nitrogens with zero attached hydrogens (tertiary/aromatic N) is 3. The van der Waals surface area contributed by atoms with Crippen LogP contribution in [0.3, 0.4) is 0 Å². The Morgan fingerprint density at radius 1 is 1.14 bits per heavy atom. The summed E-state index contributed by atoms with van der Waals surface area (Å²) >= 11 is 0. The van der Waals surface area contributed by atoms with Crippen LogP contribution < -0.4 is 10.1 Å². The van der Waals surface area contributed by atoms with Crippen molar-refractivity contribution in [3.63, 3.8) is 0 Å². The van der Waals surface area contributed by atoms with Gasteiger partial charge in [0, 0.05) is 36.3 Å². The predicted molar refractivity (Wildman–Crippen MR) is 117 cm³/mol. The maximum Gasteiger partial charge on any atom is 0.269 e. The van der Waals surface area contributed by atoms with Crippen molar-refractivity contribution < 1.29 is 9.66 Å². The summed E-state index contributed by atoms with van der Waals surface area (Å²) in [6.45, 7) is 1.70. The second-order valence-corrected chi connectivity index (χ2v) is 6.89. The lowest BCUT2D eigenvalue weighted by Crippen LogP contribution is -2.20. The highest BCUT2D eigenvalue weighted by Crippen LogP contribution is 2.28. The Morgan fingerprint density at radius 3 is 2.55 bits per heavy atom. The molecule has 0 atom stereocenters. The molecule has 0 unspecified atom stereocenters. The normalized spacial score (nSPS) is 11.3. The summed E-state index contributed by atoms with van der Waals surface area (Å²) in [7, 11) is 5.72. The zero-order chi connectivity index (χ0) is 20.8. The average Bonchev–Trinajstić information content (AvgIpc) is 2.72. The summed E-state index contributed by atoms with van der Waals surface area (Å²) in [5.41, 5.74) is 3.60. The number of pyridine rings is 1. The minimum Gasteiger partial charge on any atom is -0.497 e. The van der Waals surface area contributed by atoms with E-state index >= 15 is 0 Å². The number of nitro benzene ring substituents is 1. The highest BCUT2D eigenvalue weighted by molar-refractivity contribution is 5.93. The third-order valence-corrected chi connectivity index (χ3v) is 4.46. The molecule has 0 bridgehead atoms. The van der Waals surface area contributed by atoms with E-state index in [4.69, 9.17) is 9.72 Å². The molecule has 0 aliphatic heterocycles. The molecule has 2 aromatic carbocycles. The molecule has 3 rings (SSSR count). The topological polar surface area (TPSA) is 80.5 Å². The molecule has 150 valence electrons. The van der Waals surface area contributed by atoms with Gasteiger partial charge in [-0.3, -0.25) is 10.1 Å². The van der Waals surface area contributed by atoms with Crippen molar-refractivity contribution in [2.45, 2.75) is 0 Å². The van der Waals surface area contributed by atoms with E-state index in [1.54, 1.807) is 19.2 Å². The van der Waals surface area contributed by atoms with Crippen molar-refractivity contribution in [1.29, 1.82) is 0 Å². The maximum atomic E-state index is 10.8. The van der Waals surface area contributed by atoms with Crippen LogP contribution in [0.2, 0.25) is 0 Å². The van der Waals surface area contributed by atoms with Gasteiger partial charge in [0.1, 0.15) is 5.75 Å². The molecular formula is C22H24N4O3. The van der Waals surface area contributed by atoms with Gasteiger partial charge in [-0.1, -0.05) is 6.08 Å². The van der Waals surface area contributed by atoms with Crippen molar-refractivity contribution >= 4 is 34.4 Å². The summed E-state index contributed by atoms with van der Waals surface area (Å²) < 4.78 is 5.36. The quantitative estimate of drug-likeness (QED) is 0.455. The highest BCUT2D eigenvalue weighted by Gasteiger charge is 2.07. The molecule has 3 aromatic rings. The Labute approximate surface area is 169 Å². The minimum absolute atomic E-state index is 0.0762. The fourth-order valence-electron chi connectivity index (χ4n) is 2.89. The molecule has 0 aliphatic carbocycles. The SMILES string of the molecule is COc1ccc2nc(/C=C/c3ccc([N+](=O)[O-])cc3)cc(NCCN(C)C)c2c1. The molecule has 1 aromatic heterocycles. The van der Waals surface area contributed by atoms with Crippen LogP contribution in [0.1, 0.15) is 11.3 Å². The molecule has 7 nitrogen and oxygen atoms in total. The fraction of sp³-hybridized carbons (Fsp3) is 0.227. The van der Waals surface area contributed by atoms with E-state index in [1.807, 2.05) is 50.5 Å². The summed E-state index contributed by atoms with van der Waals surface area (Å²) in [5.74, 6) is 0.782. The number of fused-ring (bicyclic) bond motifs is 1. The first-order valence-corrected chi connectivity index (χ1v) is 9.26. The number of nitro groups is 1. The van der Waals surface area contributed by atoms with Gasteiger partial charge >= 0.3 is 0 Å². The number of hydrogen-bond donors (Lipinski definition) is 1. The number of nitrogens with one attached hydrogen (secondary N) is 1. The van der Waals surface area contributed by atoms with Crippen LogP contribution in [0, 0.1) is 10.1 Å². The van der Waals surface area contributed by atoms with E-state index in [2.05, 4.69) is 10.2 Å². The monoisotopic (exact) mass is 392 g/mol. The summed E-state index contributed by atoms with van der Waals surface area (Å²) in [5, 5.41) is 15.3.